The molecule has 8 heteroatoms. The van der Waals surface area contributed by atoms with E-state index in [2.05, 4.69) is 26.1 Å². The molecular formula is C21H16Cl2N4OS. The Morgan fingerprint density at radius 2 is 1.79 bits per heavy atom. The van der Waals surface area contributed by atoms with Crippen molar-refractivity contribution < 1.29 is 4.79 Å². The standard InChI is InChI=1S/C21H16Cl2N4OS/c22-17-8-6-15(18(23)14-17)7-9-19(28)26-10-12-27(13-11-26)21-24-20(25-29-21)16-4-2-1-3-5-16/h1-6,8,14H,10-13H2. The average Bonchev–Trinajstić information content (AvgIpc) is 3.24. The van der Waals surface area contributed by atoms with Gasteiger partial charge in [-0.05, 0) is 18.2 Å². The van der Waals surface area contributed by atoms with Crippen LogP contribution in [-0.4, -0.2) is 46.3 Å². The largest absolute Gasteiger partial charge is 0.343 e. The third-order valence-electron chi connectivity index (χ3n) is 4.52. The van der Waals surface area contributed by atoms with E-state index >= 15 is 0 Å². The molecule has 0 unspecified atom stereocenters. The summed E-state index contributed by atoms with van der Waals surface area (Å²) in [6.45, 7) is 2.56. The fourth-order valence-electron chi connectivity index (χ4n) is 2.94. The summed E-state index contributed by atoms with van der Waals surface area (Å²) in [5.74, 6) is 6.03. The van der Waals surface area contributed by atoms with Crippen molar-refractivity contribution in [1.29, 1.82) is 0 Å². The van der Waals surface area contributed by atoms with Gasteiger partial charge in [-0.25, -0.2) is 0 Å². The van der Waals surface area contributed by atoms with Gasteiger partial charge in [-0.15, -0.1) is 0 Å². The predicted octanol–water partition coefficient (Wildman–Crippen LogP) is 4.21. The van der Waals surface area contributed by atoms with Crippen LogP contribution in [0, 0.1) is 11.8 Å². The summed E-state index contributed by atoms with van der Waals surface area (Å²) in [7, 11) is 0. The molecule has 0 atom stereocenters. The van der Waals surface area contributed by atoms with E-state index in [4.69, 9.17) is 23.2 Å². The summed E-state index contributed by atoms with van der Waals surface area (Å²) in [6, 6.07) is 14.9. The molecular weight excluding hydrogens is 427 g/mol. The first kappa shape index (κ1) is 19.7. The van der Waals surface area contributed by atoms with Crippen LogP contribution >= 0.6 is 34.7 Å². The van der Waals surface area contributed by atoms with Crippen molar-refractivity contribution in [3.8, 4) is 23.2 Å². The Bertz CT molecular complexity index is 1080. The van der Waals surface area contributed by atoms with E-state index in [0.29, 0.717) is 41.8 Å². The number of carbonyl (C=O) groups excluding carboxylic acids is 1. The van der Waals surface area contributed by atoms with Gasteiger partial charge in [0.2, 0.25) is 5.13 Å². The second-order valence-corrected chi connectivity index (χ2v) is 7.99. The van der Waals surface area contributed by atoms with Crippen LogP contribution in [0.1, 0.15) is 5.56 Å². The normalized spacial score (nSPS) is 13.7. The molecule has 0 radical (unpaired) electrons. The maximum atomic E-state index is 12.4. The fraction of sp³-hybridized carbons (Fsp3) is 0.190. The number of halogens is 2. The van der Waals surface area contributed by atoms with Crippen molar-refractivity contribution in [2.24, 2.45) is 0 Å². The second kappa shape index (κ2) is 8.83. The van der Waals surface area contributed by atoms with E-state index in [0.717, 1.165) is 16.5 Å². The topological polar surface area (TPSA) is 49.3 Å². The number of carbonyl (C=O) groups is 1. The molecule has 1 aromatic heterocycles. The molecule has 1 fully saturated rings. The van der Waals surface area contributed by atoms with Crippen LogP contribution in [0.15, 0.2) is 48.5 Å². The number of aromatic nitrogens is 2. The number of amides is 1. The monoisotopic (exact) mass is 442 g/mol. The third kappa shape index (κ3) is 4.70. The van der Waals surface area contributed by atoms with Crippen molar-refractivity contribution in [3.63, 3.8) is 0 Å². The number of anilines is 1. The molecule has 3 aromatic rings. The van der Waals surface area contributed by atoms with Gasteiger partial charge in [0, 0.05) is 59.8 Å². The van der Waals surface area contributed by atoms with Crippen LogP contribution in [0.25, 0.3) is 11.4 Å². The molecule has 1 aliphatic rings. The Hall–Kier alpha value is -2.59. The molecule has 1 aliphatic heterocycles. The van der Waals surface area contributed by atoms with Crippen LogP contribution in [0.4, 0.5) is 5.13 Å². The van der Waals surface area contributed by atoms with Crippen LogP contribution in [0.5, 0.6) is 0 Å². The van der Waals surface area contributed by atoms with Crippen molar-refractivity contribution in [3.05, 3.63) is 64.1 Å². The van der Waals surface area contributed by atoms with E-state index in [1.807, 2.05) is 30.3 Å². The number of benzene rings is 2. The van der Waals surface area contributed by atoms with Crippen LogP contribution < -0.4 is 4.90 Å². The first-order valence-corrected chi connectivity index (χ1v) is 10.5. The molecule has 0 saturated carbocycles. The van der Waals surface area contributed by atoms with Gasteiger partial charge in [0.25, 0.3) is 5.91 Å². The molecule has 2 heterocycles. The smallest absolute Gasteiger partial charge is 0.298 e. The summed E-state index contributed by atoms with van der Waals surface area (Å²) < 4.78 is 4.46. The SMILES string of the molecule is O=C(C#Cc1ccc(Cl)cc1Cl)N1CCN(c2nc(-c3ccccc3)ns2)CC1. The summed E-state index contributed by atoms with van der Waals surface area (Å²) >= 11 is 13.4. The Kier molecular flexibility index (Phi) is 6.00. The number of hydrogen-bond donors (Lipinski definition) is 0. The van der Waals surface area contributed by atoms with Crippen molar-refractivity contribution in [2.45, 2.75) is 0 Å². The molecule has 146 valence electrons. The van der Waals surface area contributed by atoms with Gasteiger partial charge in [-0.2, -0.15) is 9.36 Å². The van der Waals surface area contributed by atoms with Crippen LogP contribution in [-0.2, 0) is 4.79 Å². The van der Waals surface area contributed by atoms with Crippen LogP contribution in [0.2, 0.25) is 10.0 Å². The van der Waals surface area contributed by atoms with Gasteiger partial charge < -0.3 is 9.80 Å². The number of piperazine rings is 1. The average molecular weight is 443 g/mol. The van der Waals surface area contributed by atoms with E-state index in [1.165, 1.54) is 11.5 Å². The first-order chi connectivity index (χ1) is 14.1. The zero-order chi connectivity index (χ0) is 20.2. The predicted molar refractivity (Wildman–Crippen MR) is 117 cm³/mol. The number of nitrogens with zero attached hydrogens (tertiary/aromatic N) is 4. The number of hydrogen-bond acceptors (Lipinski definition) is 5. The summed E-state index contributed by atoms with van der Waals surface area (Å²) in [5, 5.41) is 1.85. The van der Waals surface area contributed by atoms with Crippen molar-refractivity contribution >= 4 is 45.8 Å². The number of rotatable bonds is 2. The zero-order valence-electron chi connectivity index (χ0n) is 15.3. The van der Waals surface area contributed by atoms with Gasteiger partial charge in [0.05, 0.1) is 5.02 Å². The quantitative estimate of drug-likeness (QED) is 0.557. The van der Waals surface area contributed by atoms with Crippen molar-refractivity contribution in [2.75, 3.05) is 31.1 Å². The summed E-state index contributed by atoms with van der Waals surface area (Å²) in [4.78, 5) is 21.0. The molecule has 0 bridgehead atoms. The van der Waals surface area contributed by atoms with Gasteiger partial charge in [0.15, 0.2) is 5.82 Å². The molecule has 1 amide bonds. The molecule has 4 rings (SSSR count). The van der Waals surface area contributed by atoms with Crippen molar-refractivity contribution in [1.82, 2.24) is 14.3 Å². The van der Waals surface area contributed by atoms with Gasteiger partial charge >= 0.3 is 0 Å². The third-order valence-corrected chi connectivity index (χ3v) is 5.84. The Balaban J connectivity index is 1.37. The first-order valence-electron chi connectivity index (χ1n) is 9.00. The van der Waals surface area contributed by atoms with E-state index in [9.17, 15) is 4.79 Å². The minimum Gasteiger partial charge on any atom is -0.343 e. The second-order valence-electron chi connectivity index (χ2n) is 6.42. The Morgan fingerprint density at radius 3 is 2.52 bits per heavy atom. The maximum absolute atomic E-state index is 12.4. The Morgan fingerprint density at radius 1 is 1.03 bits per heavy atom. The highest BCUT2D eigenvalue weighted by molar-refractivity contribution is 7.09. The minimum atomic E-state index is -0.210. The van der Waals surface area contributed by atoms with Gasteiger partial charge in [-0.1, -0.05) is 59.5 Å². The minimum absolute atomic E-state index is 0.210. The molecule has 0 aliphatic carbocycles. The molecule has 5 nitrogen and oxygen atoms in total. The van der Waals surface area contributed by atoms with Gasteiger partial charge in [0.1, 0.15) is 0 Å². The fourth-order valence-corrected chi connectivity index (χ4v) is 4.14. The maximum Gasteiger partial charge on any atom is 0.298 e. The van der Waals surface area contributed by atoms with E-state index < -0.39 is 0 Å². The zero-order valence-corrected chi connectivity index (χ0v) is 17.6. The molecule has 0 spiro atoms. The van der Waals surface area contributed by atoms with Gasteiger partial charge in [-0.3, -0.25) is 4.79 Å². The summed E-state index contributed by atoms with van der Waals surface area (Å²) in [5.41, 5.74) is 1.59. The summed E-state index contributed by atoms with van der Waals surface area (Å²) in [6.07, 6.45) is 0. The molecule has 1 saturated heterocycles. The lowest BCUT2D eigenvalue weighted by Gasteiger charge is -2.33. The molecule has 29 heavy (non-hydrogen) atoms. The molecule has 2 aromatic carbocycles. The highest BCUT2D eigenvalue weighted by Gasteiger charge is 2.22. The Labute approximate surface area is 183 Å². The van der Waals surface area contributed by atoms with Crippen LogP contribution in [0.3, 0.4) is 0 Å². The van der Waals surface area contributed by atoms with E-state index in [-0.39, 0.29) is 5.91 Å². The highest BCUT2D eigenvalue weighted by Crippen LogP contribution is 2.24. The molecule has 0 N–H and O–H groups in total. The lowest BCUT2D eigenvalue weighted by Crippen LogP contribution is -2.48. The van der Waals surface area contributed by atoms with E-state index in [1.54, 1.807) is 23.1 Å². The lowest BCUT2D eigenvalue weighted by molar-refractivity contribution is -0.125. The lowest BCUT2D eigenvalue weighted by atomic mass is 10.2. The highest BCUT2D eigenvalue weighted by atomic mass is 35.5.